The van der Waals surface area contributed by atoms with Gasteiger partial charge in [-0.2, -0.15) is 4.68 Å². The van der Waals surface area contributed by atoms with Gasteiger partial charge in [-0.15, -0.1) is 5.10 Å². The van der Waals surface area contributed by atoms with Crippen LogP contribution in [0.5, 0.6) is 5.88 Å². The van der Waals surface area contributed by atoms with Crippen LogP contribution >= 0.6 is 15.9 Å². The average molecular weight is 427 g/mol. The molecule has 27 heavy (non-hydrogen) atoms. The first-order valence-electron chi connectivity index (χ1n) is 9.35. The minimum absolute atomic E-state index is 0.0456. The van der Waals surface area contributed by atoms with E-state index in [2.05, 4.69) is 50.2 Å². The highest BCUT2D eigenvalue weighted by molar-refractivity contribution is 9.08. The minimum Gasteiger partial charge on any atom is -0.474 e. The van der Waals surface area contributed by atoms with E-state index in [-0.39, 0.29) is 6.10 Å². The molecule has 0 saturated heterocycles. The summed E-state index contributed by atoms with van der Waals surface area (Å²) >= 11 is 3.63. The smallest absolute Gasteiger partial charge is 0.250 e. The third kappa shape index (κ3) is 4.05. The van der Waals surface area contributed by atoms with Crippen LogP contribution in [0.2, 0.25) is 0 Å². The van der Waals surface area contributed by atoms with Crippen molar-refractivity contribution in [3.63, 3.8) is 0 Å². The molecule has 0 radical (unpaired) electrons. The Morgan fingerprint density at radius 2 is 1.85 bits per heavy atom. The Bertz CT molecular complexity index is 902. The number of benzene rings is 1. The van der Waals surface area contributed by atoms with Gasteiger partial charge < -0.3 is 4.74 Å². The van der Waals surface area contributed by atoms with E-state index < -0.39 is 0 Å². The quantitative estimate of drug-likeness (QED) is 0.508. The Labute approximate surface area is 167 Å². The van der Waals surface area contributed by atoms with E-state index >= 15 is 0 Å². The van der Waals surface area contributed by atoms with Gasteiger partial charge >= 0.3 is 0 Å². The number of nitrogens with zero attached hydrogens (tertiary/aromatic N) is 4. The van der Waals surface area contributed by atoms with Crippen LogP contribution in [0.4, 0.5) is 0 Å². The number of ether oxygens (including phenoxy) is 1. The summed E-state index contributed by atoms with van der Waals surface area (Å²) in [4.78, 5) is 9.14. The predicted octanol–water partition coefficient (Wildman–Crippen LogP) is 4.81. The topological polar surface area (TPSA) is 52.8 Å². The third-order valence-electron chi connectivity index (χ3n) is 4.65. The van der Waals surface area contributed by atoms with Crippen molar-refractivity contribution in [1.82, 2.24) is 19.7 Å². The van der Waals surface area contributed by atoms with Crippen LogP contribution in [0.15, 0.2) is 42.7 Å². The summed E-state index contributed by atoms with van der Waals surface area (Å²) < 4.78 is 7.83. The van der Waals surface area contributed by atoms with Crippen LogP contribution in [0.25, 0.3) is 5.95 Å². The maximum atomic E-state index is 6.03. The van der Waals surface area contributed by atoms with E-state index in [0.717, 1.165) is 17.7 Å². The van der Waals surface area contributed by atoms with E-state index in [1.165, 1.54) is 24.0 Å². The molecular formula is C21H23BrN4O. The summed E-state index contributed by atoms with van der Waals surface area (Å²) in [6.07, 6.45) is 7.14. The molecule has 1 aliphatic rings. The maximum Gasteiger partial charge on any atom is 0.250 e. The van der Waals surface area contributed by atoms with Crippen molar-refractivity contribution in [2.24, 2.45) is 0 Å². The van der Waals surface area contributed by atoms with Crippen molar-refractivity contribution in [2.75, 3.05) is 0 Å². The van der Waals surface area contributed by atoms with Gasteiger partial charge in [-0.05, 0) is 43.7 Å². The van der Waals surface area contributed by atoms with Crippen molar-refractivity contribution in [2.45, 2.75) is 50.5 Å². The molecule has 4 rings (SSSR count). The van der Waals surface area contributed by atoms with Crippen molar-refractivity contribution >= 4 is 15.9 Å². The zero-order chi connectivity index (χ0) is 18.8. The Morgan fingerprint density at radius 3 is 2.44 bits per heavy atom. The van der Waals surface area contributed by atoms with Gasteiger partial charge in [-0.1, -0.05) is 46.3 Å². The van der Waals surface area contributed by atoms with Crippen LogP contribution in [0, 0.1) is 0 Å². The lowest BCUT2D eigenvalue weighted by Gasteiger charge is -2.09. The monoisotopic (exact) mass is 426 g/mol. The van der Waals surface area contributed by atoms with Gasteiger partial charge in [0.2, 0.25) is 5.88 Å². The molecule has 0 aliphatic heterocycles. The van der Waals surface area contributed by atoms with Crippen LogP contribution in [0.3, 0.4) is 0 Å². The second kappa shape index (κ2) is 7.80. The highest BCUT2D eigenvalue weighted by Crippen LogP contribution is 2.39. The first kappa shape index (κ1) is 18.2. The summed E-state index contributed by atoms with van der Waals surface area (Å²) in [5.74, 6) is 1.88. The Kier molecular flexibility index (Phi) is 5.25. The number of alkyl halides is 1. The largest absolute Gasteiger partial charge is 0.474 e. The van der Waals surface area contributed by atoms with Gasteiger partial charge in [0.1, 0.15) is 0 Å². The molecule has 0 amide bonds. The fourth-order valence-corrected chi connectivity index (χ4v) is 3.71. The van der Waals surface area contributed by atoms with E-state index in [1.807, 2.05) is 32.3 Å². The molecule has 0 spiro atoms. The molecule has 1 fully saturated rings. The van der Waals surface area contributed by atoms with Crippen molar-refractivity contribution < 1.29 is 4.74 Å². The molecule has 1 saturated carbocycles. The Balaban J connectivity index is 1.74. The first-order valence-corrected chi connectivity index (χ1v) is 10.5. The highest BCUT2D eigenvalue weighted by Gasteiger charge is 2.25. The van der Waals surface area contributed by atoms with Gasteiger partial charge in [0.25, 0.3) is 5.95 Å². The van der Waals surface area contributed by atoms with E-state index in [1.54, 1.807) is 4.68 Å². The normalized spacial score (nSPS) is 13.9. The summed E-state index contributed by atoms with van der Waals surface area (Å²) in [5, 5.41) is 5.37. The van der Waals surface area contributed by atoms with Crippen molar-refractivity contribution in [3.8, 4) is 11.8 Å². The fraction of sp³-hybridized carbons (Fsp3) is 0.381. The summed E-state index contributed by atoms with van der Waals surface area (Å²) in [6, 6.07) is 10.4. The molecule has 6 heteroatoms. The van der Waals surface area contributed by atoms with E-state index in [0.29, 0.717) is 23.1 Å². The summed E-state index contributed by atoms with van der Waals surface area (Å²) in [7, 11) is 0. The molecule has 0 atom stereocenters. The standard InChI is InChI=1S/C21H23BrN4O/c1-14(2)27-20-18(10-15-6-4-3-5-7-15)19(11-22)26(25-20)21-23-12-17(13-24-21)16-8-9-16/h3-7,12-14,16H,8-11H2,1-2H3. The lowest BCUT2D eigenvalue weighted by molar-refractivity contribution is 0.229. The van der Waals surface area contributed by atoms with Crippen LogP contribution in [0.1, 0.15) is 55.0 Å². The SMILES string of the molecule is CC(C)Oc1nn(-c2ncc(C3CC3)cn2)c(CBr)c1Cc1ccccc1. The molecule has 3 aromatic rings. The zero-order valence-corrected chi connectivity index (χ0v) is 17.2. The maximum absolute atomic E-state index is 6.03. The van der Waals surface area contributed by atoms with Crippen molar-refractivity contribution in [3.05, 3.63) is 65.1 Å². The molecule has 0 N–H and O–H groups in total. The molecule has 0 unspecified atom stereocenters. The first-order chi connectivity index (χ1) is 13.2. The number of rotatable bonds is 7. The molecule has 2 aromatic heterocycles. The van der Waals surface area contributed by atoms with Crippen LogP contribution < -0.4 is 4.74 Å². The number of aromatic nitrogens is 4. The molecule has 0 bridgehead atoms. The molecule has 140 valence electrons. The highest BCUT2D eigenvalue weighted by atomic mass is 79.9. The van der Waals surface area contributed by atoms with E-state index in [9.17, 15) is 0 Å². The number of hydrogen-bond donors (Lipinski definition) is 0. The number of halogens is 1. The second-order valence-corrected chi connectivity index (χ2v) is 7.76. The molecule has 5 nitrogen and oxygen atoms in total. The predicted molar refractivity (Wildman–Crippen MR) is 109 cm³/mol. The Morgan fingerprint density at radius 1 is 1.15 bits per heavy atom. The lowest BCUT2D eigenvalue weighted by Crippen LogP contribution is -2.08. The second-order valence-electron chi connectivity index (χ2n) is 7.20. The fourth-order valence-electron chi connectivity index (χ4n) is 3.13. The molecule has 1 aliphatic carbocycles. The summed E-state index contributed by atoms with van der Waals surface area (Å²) in [6.45, 7) is 4.03. The van der Waals surface area contributed by atoms with Gasteiger partial charge in [0, 0.05) is 29.7 Å². The third-order valence-corrected chi connectivity index (χ3v) is 5.18. The zero-order valence-electron chi connectivity index (χ0n) is 15.6. The lowest BCUT2D eigenvalue weighted by atomic mass is 10.1. The van der Waals surface area contributed by atoms with Crippen LogP contribution in [-0.2, 0) is 11.8 Å². The number of hydrogen-bond acceptors (Lipinski definition) is 4. The van der Waals surface area contributed by atoms with Crippen LogP contribution in [-0.4, -0.2) is 25.9 Å². The van der Waals surface area contributed by atoms with Gasteiger partial charge in [-0.25, -0.2) is 9.97 Å². The van der Waals surface area contributed by atoms with Crippen molar-refractivity contribution in [1.29, 1.82) is 0 Å². The van der Waals surface area contributed by atoms with Gasteiger partial charge in [-0.3, -0.25) is 0 Å². The van der Waals surface area contributed by atoms with Gasteiger partial charge in [0.15, 0.2) is 0 Å². The van der Waals surface area contributed by atoms with E-state index in [4.69, 9.17) is 9.84 Å². The molecular weight excluding hydrogens is 404 g/mol. The molecule has 1 aromatic carbocycles. The average Bonchev–Trinajstić information content (AvgIpc) is 3.47. The Hall–Kier alpha value is -2.21. The van der Waals surface area contributed by atoms with Gasteiger partial charge in [0.05, 0.1) is 11.8 Å². The minimum atomic E-state index is 0.0456. The molecule has 2 heterocycles. The summed E-state index contributed by atoms with van der Waals surface area (Å²) in [5.41, 5.74) is 4.53.